The molecule has 5 rings (SSSR count). The monoisotopic (exact) mass is 287 g/mol. The van der Waals surface area contributed by atoms with Crippen molar-refractivity contribution in [1.82, 2.24) is 19.8 Å². The van der Waals surface area contributed by atoms with E-state index in [2.05, 4.69) is 15.1 Å². The highest BCUT2D eigenvalue weighted by Crippen LogP contribution is 2.31. The third-order valence-electron chi connectivity index (χ3n) is 5.26. The van der Waals surface area contributed by atoms with Crippen molar-refractivity contribution in [3.8, 4) is 0 Å². The van der Waals surface area contributed by atoms with E-state index in [1.54, 1.807) is 0 Å². The van der Waals surface area contributed by atoms with E-state index in [1.165, 1.54) is 56.7 Å². The fraction of sp³-hybridized carbons (Fsp3) is 0.750. The van der Waals surface area contributed by atoms with Crippen LogP contribution in [0.5, 0.6) is 0 Å². The van der Waals surface area contributed by atoms with Gasteiger partial charge in [-0.15, -0.1) is 0 Å². The standard InChI is InChI=1S/C16H25N5/c1-17-15-12-5-3-2-4-6-13(12)18-16(19-15)14-11-20-7-9-21(14)10-8-20/h14H,2-11H2,1H3,(H,17,18,19). The molecule has 0 radical (unpaired) electrons. The Bertz CT molecular complexity index is 522. The Morgan fingerprint density at radius 2 is 1.81 bits per heavy atom. The first kappa shape index (κ1) is 13.5. The number of fused-ring (bicyclic) bond motifs is 4. The topological polar surface area (TPSA) is 44.3 Å². The summed E-state index contributed by atoms with van der Waals surface area (Å²) in [6, 6.07) is 0.396. The normalized spacial score (nSPS) is 31.6. The van der Waals surface area contributed by atoms with Crippen molar-refractivity contribution >= 4 is 5.82 Å². The lowest BCUT2D eigenvalue weighted by Gasteiger charge is -2.46. The molecule has 5 heteroatoms. The van der Waals surface area contributed by atoms with E-state index in [0.29, 0.717) is 6.04 Å². The highest BCUT2D eigenvalue weighted by Gasteiger charge is 2.35. The van der Waals surface area contributed by atoms with Crippen LogP contribution in [0.1, 0.15) is 42.4 Å². The van der Waals surface area contributed by atoms with Crippen LogP contribution in [0.25, 0.3) is 0 Å². The van der Waals surface area contributed by atoms with Crippen molar-refractivity contribution in [1.29, 1.82) is 0 Å². The summed E-state index contributed by atoms with van der Waals surface area (Å²) >= 11 is 0. The molecule has 1 unspecified atom stereocenters. The molecule has 1 aromatic heterocycles. The number of aryl methyl sites for hydroxylation is 1. The molecule has 3 aliphatic heterocycles. The summed E-state index contributed by atoms with van der Waals surface area (Å²) in [6.07, 6.45) is 6.11. The minimum atomic E-state index is 0.396. The van der Waals surface area contributed by atoms with Crippen molar-refractivity contribution in [2.24, 2.45) is 0 Å². The minimum Gasteiger partial charge on any atom is -0.373 e. The van der Waals surface area contributed by atoms with Crippen LogP contribution in [-0.2, 0) is 12.8 Å². The van der Waals surface area contributed by atoms with Gasteiger partial charge in [0.1, 0.15) is 11.6 Å². The van der Waals surface area contributed by atoms with E-state index in [-0.39, 0.29) is 0 Å². The van der Waals surface area contributed by atoms with Gasteiger partial charge in [0.05, 0.1) is 6.04 Å². The van der Waals surface area contributed by atoms with Crippen molar-refractivity contribution in [2.45, 2.75) is 38.1 Å². The zero-order chi connectivity index (χ0) is 14.2. The molecule has 4 heterocycles. The van der Waals surface area contributed by atoms with E-state index in [9.17, 15) is 0 Å². The van der Waals surface area contributed by atoms with Gasteiger partial charge in [0, 0.05) is 51.0 Å². The Labute approximate surface area is 126 Å². The van der Waals surface area contributed by atoms with Gasteiger partial charge in [-0.2, -0.15) is 0 Å². The van der Waals surface area contributed by atoms with Crippen LogP contribution >= 0.6 is 0 Å². The highest BCUT2D eigenvalue weighted by molar-refractivity contribution is 5.47. The van der Waals surface area contributed by atoms with Crippen LogP contribution in [0.2, 0.25) is 0 Å². The number of nitrogens with zero attached hydrogens (tertiary/aromatic N) is 4. The van der Waals surface area contributed by atoms with Gasteiger partial charge < -0.3 is 5.32 Å². The molecule has 3 saturated heterocycles. The van der Waals surface area contributed by atoms with E-state index in [0.717, 1.165) is 31.0 Å². The Kier molecular flexibility index (Phi) is 3.55. The SMILES string of the molecule is CNc1nc(C2CN3CCN2CC3)nc2c1CCCCC2. The number of hydrogen-bond donors (Lipinski definition) is 1. The number of piperazine rings is 3. The molecule has 1 aliphatic carbocycles. The Morgan fingerprint density at radius 1 is 1.00 bits per heavy atom. The first-order valence-corrected chi connectivity index (χ1v) is 8.39. The average Bonchev–Trinajstić information content (AvgIpc) is 2.80. The molecule has 0 aromatic carbocycles. The zero-order valence-corrected chi connectivity index (χ0v) is 12.9. The Balaban J connectivity index is 1.71. The minimum absolute atomic E-state index is 0.396. The fourth-order valence-corrected chi connectivity index (χ4v) is 4.01. The summed E-state index contributed by atoms with van der Waals surface area (Å²) < 4.78 is 0. The molecule has 5 nitrogen and oxygen atoms in total. The molecular weight excluding hydrogens is 262 g/mol. The largest absolute Gasteiger partial charge is 0.373 e. The molecule has 114 valence electrons. The summed E-state index contributed by atoms with van der Waals surface area (Å²) in [5.74, 6) is 2.12. The lowest BCUT2D eigenvalue weighted by molar-refractivity contribution is 0.00860. The molecule has 3 fully saturated rings. The Hall–Kier alpha value is -1.20. The molecule has 0 saturated carbocycles. The first-order valence-electron chi connectivity index (χ1n) is 8.39. The lowest BCUT2D eigenvalue weighted by Crippen LogP contribution is -2.57. The third kappa shape index (κ3) is 2.42. The van der Waals surface area contributed by atoms with E-state index in [4.69, 9.17) is 9.97 Å². The van der Waals surface area contributed by atoms with Crippen LogP contribution in [0.4, 0.5) is 5.82 Å². The van der Waals surface area contributed by atoms with Crippen LogP contribution in [0.15, 0.2) is 0 Å². The van der Waals surface area contributed by atoms with Gasteiger partial charge in [0.15, 0.2) is 0 Å². The van der Waals surface area contributed by atoms with Gasteiger partial charge in [-0.3, -0.25) is 9.80 Å². The number of anilines is 1. The second-order valence-corrected chi connectivity index (χ2v) is 6.52. The van der Waals surface area contributed by atoms with Crippen molar-refractivity contribution < 1.29 is 0 Å². The van der Waals surface area contributed by atoms with Gasteiger partial charge >= 0.3 is 0 Å². The van der Waals surface area contributed by atoms with Crippen LogP contribution in [0, 0.1) is 0 Å². The first-order chi connectivity index (χ1) is 10.3. The Morgan fingerprint density at radius 3 is 2.52 bits per heavy atom. The lowest BCUT2D eigenvalue weighted by atomic mass is 10.1. The van der Waals surface area contributed by atoms with Crippen LogP contribution < -0.4 is 5.32 Å². The maximum absolute atomic E-state index is 5.00. The van der Waals surface area contributed by atoms with Crippen LogP contribution in [0.3, 0.4) is 0 Å². The number of hydrogen-bond acceptors (Lipinski definition) is 5. The van der Waals surface area contributed by atoms with Crippen LogP contribution in [-0.4, -0.2) is 59.5 Å². The van der Waals surface area contributed by atoms with Crippen molar-refractivity contribution in [2.75, 3.05) is 45.1 Å². The smallest absolute Gasteiger partial charge is 0.149 e. The van der Waals surface area contributed by atoms with Crippen molar-refractivity contribution in [3.63, 3.8) is 0 Å². The van der Waals surface area contributed by atoms with Gasteiger partial charge in [-0.25, -0.2) is 9.97 Å². The van der Waals surface area contributed by atoms with E-state index >= 15 is 0 Å². The molecular formula is C16H25N5. The molecule has 21 heavy (non-hydrogen) atoms. The van der Waals surface area contributed by atoms with Crippen molar-refractivity contribution in [3.05, 3.63) is 17.1 Å². The maximum atomic E-state index is 5.00. The molecule has 4 aliphatic rings. The predicted molar refractivity (Wildman–Crippen MR) is 83.6 cm³/mol. The fourth-order valence-electron chi connectivity index (χ4n) is 4.01. The van der Waals surface area contributed by atoms with E-state index < -0.39 is 0 Å². The second kappa shape index (κ2) is 5.54. The highest BCUT2D eigenvalue weighted by atomic mass is 15.4. The maximum Gasteiger partial charge on any atom is 0.149 e. The average molecular weight is 287 g/mol. The number of aromatic nitrogens is 2. The molecule has 1 atom stereocenters. The summed E-state index contributed by atoms with van der Waals surface area (Å²) in [5, 5.41) is 3.32. The predicted octanol–water partition coefficient (Wildman–Crippen LogP) is 1.46. The van der Waals surface area contributed by atoms with Gasteiger partial charge in [0.25, 0.3) is 0 Å². The molecule has 0 spiro atoms. The van der Waals surface area contributed by atoms with E-state index in [1.807, 2.05) is 7.05 Å². The number of nitrogens with one attached hydrogen (secondary N) is 1. The quantitative estimate of drug-likeness (QED) is 0.834. The summed E-state index contributed by atoms with van der Waals surface area (Å²) in [7, 11) is 1.99. The summed E-state index contributed by atoms with van der Waals surface area (Å²) in [5.41, 5.74) is 2.68. The third-order valence-corrected chi connectivity index (χ3v) is 5.26. The zero-order valence-electron chi connectivity index (χ0n) is 12.9. The second-order valence-electron chi connectivity index (χ2n) is 6.52. The molecule has 0 amide bonds. The molecule has 1 N–H and O–H groups in total. The molecule has 2 bridgehead atoms. The van der Waals surface area contributed by atoms with Gasteiger partial charge in [-0.05, 0) is 25.7 Å². The van der Waals surface area contributed by atoms with Gasteiger partial charge in [0.2, 0.25) is 0 Å². The molecule has 1 aromatic rings. The summed E-state index contributed by atoms with van der Waals surface area (Å²) in [4.78, 5) is 15.0. The number of rotatable bonds is 2. The van der Waals surface area contributed by atoms with Gasteiger partial charge in [-0.1, -0.05) is 6.42 Å². The summed E-state index contributed by atoms with van der Waals surface area (Å²) in [6.45, 7) is 5.85.